The number of hydrogen-bond acceptors (Lipinski definition) is 2. The summed E-state index contributed by atoms with van der Waals surface area (Å²) in [5, 5.41) is 12.0. The van der Waals surface area contributed by atoms with Crippen molar-refractivity contribution in [1.29, 1.82) is 0 Å². The second-order valence-electron chi connectivity index (χ2n) is 26.5. The monoisotopic (exact) mass is 1290 g/mol. The summed E-state index contributed by atoms with van der Waals surface area (Å²) in [4.78, 5) is 11.0. The summed E-state index contributed by atoms with van der Waals surface area (Å²) in [5.74, 6) is 0.607. The van der Waals surface area contributed by atoms with Crippen molar-refractivity contribution >= 4 is 109 Å². The highest BCUT2D eigenvalue weighted by molar-refractivity contribution is 6.16. The highest BCUT2D eigenvalue weighted by Gasteiger charge is 2.23. The van der Waals surface area contributed by atoms with Crippen molar-refractivity contribution in [2.24, 2.45) is 0 Å². The number of hydrogen-bond donors (Lipinski definition) is 0. The first-order valence-corrected chi connectivity index (χ1v) is 34.5. The van der Waals surface area contributed by atoms with E-state index in [1.54, 1.807) is 0 Å². The van der Waals surface area contributed by atoms with Crippen molar-refractivity contribution in [3.8, 4) is 84.6 Å². The lowest BCUT2D eigenvalue weighted by Gasteiger charge is -2.13. The van der Waals surface area contributed by atoms with E-state index in [4.69, 9.17) is 9.97 Å². The molecule has 470 valence electrons. The summed E-state index contributed by atoms with van der Waals surface area (Å²) in [5.41, 5.74) is 26.6. The van der Waals surface area contributed by atoms with E-state index in [0.717, 1.165) is 100 Å². The van der Waals surface area contributed by atoms with Crippen LogP contribution in [0, 0.1) is 0 Å². The minimum Gasteiger partial charge on any atom is -0.309 e. The van der Waals surface area contributed by atoms with Crippen molar-refractivity contribution < 1.29 is 0 Å². The van der Waals surface area contributed by atoms with Gasteiger partial charge in [-0.15, -0.1) is 0 Å². The lowest BCUT2D eigenvalue weighted by Crippen LogP contribution is -2.04. The molecule has 0 amide bonds. The largest absolute Gasteiger partial charge is 0.309 e. The van der Waals surface area contributed by atoms with Crippen LogP contribution in [-0.2, 0) is 0 Å². The molecule has 0 radical (unpaired) electrons. The average Bonchev–Trinajstić information content (AvgIpc) is 1.60. The van der Waals surface area contributed by atoms with Gasteiger partial charge in [0.05, 0.1) is 66.6 Å². The SMILES string of the molecule is c1ccc(-c2cc(-c3ccc(-n4c5ccc(-c6ccc7c(c6)c6ccccc6n7-c6ccccc6)cc5c5cc(-c6ccc7c(c6)c6ccccc6n7-c6ccccc6)ccc54)cc3)nc(-n3c4ccccc4c4cc(-c5ccc6c(c5)c5ccccc5n6-c5ccccc5)ccc43)n2)cc1. The molecule has 0 aliphatic heterocycles. The standard InChI is InChI=1S/C94H59N7/c1-5-21-60(22-6-1)82-59-83(96-94(95-82)101-87-36-20-16-32-75(87)79-56-65(44-52-93(79)101)62-39-47-88-76(53-62)72-29-13-17-33-84(72)97(88)68-23-7-2-8-24-68)61-37-45-71(46-38-61)100-91-50-42-66(63-40-48-89-77(54-63)73-30-14-18-34-85(73)98(89)69-25-9-3-10-26-69)57-80(91)81-58-67(43-51-92(81)100)64-41-49-90-78(55-64)74-31-15-19-35-86(74)99(90)70-27-11-4-12-28-70/h1-59H. The van der Waals surface area contributed by atoms with E-state index in [1.807, 2.05) is 0 Å². The third kappa shape index (κ3) is 8.93. The van der Waals surface area contributed by atoms with Crippen molar-refractivity contribution in [3.63, 3.8) is 0 Å². The van der Waals surface area contributed by atoms with Crippen LogP contribution in [0.1, 0.15) is 0 Å². The van der Waals surface area contributed by atoms with Crippen LogP contribution in [0.15, 0.2) is 358 Å². The van der Waals surface area contributed by atoms with Crippen molar-refractivity contribution in [2.45, 2.75) is 0 Å². The first kappa shape index (κ1) is 56.5. The van der Waals surface area contributed by atoms with Gasteiger partial charge in [-0.25, -0.2) is 9.97 Å². The van der Waals surface area contributed by atoms with Crippen LogP contribution in [-0.4, -0.2) is 32.8 Å². The second-order valence-corrected chi connectivity index (χ2v) is 26.5. The zero-order valence-electron chi connectivity index (χ0n) is 54.7. The zero-order valence-corrected chi connectivity index (χ0v) is 54.7. The van der Waals surface area contributed by atoms with E-state index >= 15 is 0 Å². The molecule has 0 unspecified atom stereocenters. The maximum absolute atomic E-state index is 5.56. The quantitative estimate of drug-likeness (QED) is 0.137. The fraction of sp³-hybridized carbons (Fsp3) is 0. The van der Waals surface area contributed by atoms with Crippen LogP contribution in [0.25, 0.3) is 194 Å². The third-order valence-corrected chi connectivity index (χ3v) is 20.9. The Hall–Kier alpha value is -13.6. The topological polar surface area (TPSA) is 50.4 Å². The highest BCUT2D eigenvalue weighted by atomic mass is 15.2. The van der Waals surface area contributed by atoms with Crippen molar-refractivity contribution in [2.75, 3.05) is 0 Å². The van der Waals surface area contributed by atoms with Crippen molar-refractivity contribution in [1.82, 2.24) is 32.8 Å². The molecule has 0 saturated carbocycles. The summed E-state index contributed by atoms with van der Waals surface area (Å²) in [7, 11) is 0. The Balaban J connectivity index is 0.699. The summed E-state index contributed by atoms with van der Waals surface area (Å²) in [6, 6.07) is 130. The summed E-state index contributed by atoms with van der Waals surface area (Å²) >= 11 is 0. The first-order valence-electron chi connectivity index (χ1n) is 34.5. The molecule has 0 saturated heterocycles. The molecule has 21 aromatic rings. The van der Waals surface area contributed by atoms with Crippen LogP contribution in [0.2, 0.25) is 0 Å². The lowest BCUT2D eigenvalue weighted by atomic mass is 9.98. The smallest absolute Gasteiger partial charge is 0.235 e. The van der Waals surface area contributed by atoms with Gasteiger partial charge in [-0.2, -0.15) is 0 Å². The predicted molar refractivity (Wildman–Crippen MR) is 421 cm³/mol. The molecular weight excluding hydrogens is 1230 g/mol. The molecule has 7 nitrogen and oxygen atoms in total. The Bertz CT molecular complexity index is 6700. The second kappa shape index (κ2) is 22.5. The molecule has 15 aromatic carbocycles. The maximum Gasteiger partial charge on any atom is 0.235 e. The molecule has 0 N–H and O–H groups in total. The third-order valence-electron chi connectivity index (χ3n) is 20.9. The Labute approximate surface area is 580 Å². The highest BCUT2D eigenvalue weighted by Crippen LogP contribution is 2.44. The Morgan fingerprint density at radius 1 is 0.149 bits per heavy atom. The van der Waals surface area contributed by atoms with Gasteiger partial charge in [-0.1, -0.05) is 206 Å². The van der Waals surface area contributed by atoms with Crippen molar-refractivity contribution in [3.05, 3.63) is 358 Å². The van der Waals surface area contributed by atoms with Gasteiger partial charge in [-0.3, -0.25) is 4.57 Å². The summed E-state index contributed by atoms with van der Waals surface area (Å²) in [6.45, 7) is 0. The minimum absolute atomic E-state index is 0.607. The number of aromatic nitrogens is 7. The van der Waals surface area contributed by atoms with E-state index in [0.29, 0.717) is 5.95 Å². The van der Waals surface area contributed by atoms with Crippen LogP contribution in [0.4, 0.5) is 0 Å². The van der Waals surface area contributed by atoms with Gasteiger partial charge in [0.15, 0.2) is 0 Å². The molecule has 6 aromatic heterocycles. The van der Waals surface area contributed by atoms with E-state index in [2.05, 4.69) is 381 Å². The van der Waals surface area contributed by atoms with Crippen LogP contribution in [0.5, 0.6) is 0 Å². The van der Waals surface area contributed by atoms with Gasteiger partial charge in [0, 0.05) is 87.7 Å². The number of fused-ring (bicyclic) bond motifs is 15. The Morgan fingerprint density at radius 2 is 0.366 bits per heavy atom. The van der Waals surface area contributed by atoms with E-state index in [1.165, 1.54) is 87.3 Å². The Morgan fingerprint density at radius 3 is 0.683 bits per heavy atom. The van der Waals surface area contributed by atoms with E-state index in [-0.39, 0.29) is 0 Å². The summed E-state index contributed by atoms with van der Waals surface area (Å²) in [6.07, 6.45) is 0. The fourth-order valence-electron chi connectivity index (χ4n) is 16.3. The number of benzene rings is 15. The predicted octanol–water partition coefficient (Wildman–Crippen LogP) is 24.3. The average molecular weight is 1290 g/mol. The van der Waals surface area contributed by atoms with E-state index < -0.39 is 0 Å². The molecule has 0 bridgehead atoms. The normalized spacial score (nSPS) is 12.0. The van der Waals surface area contributed by atoms with Gasteiger partial charge in [-0.05, 0) is 185 Å². The molecule has 21 rings (SSSR count). The number of nitrogens with zero attached hydrogens (tertiary/aromatic N) is 7. The molecule has 7 heteroatoms. The zero-order chi connectivity index (χ0) is 66.2. The molecule has 0 aliphatic rings. The molecule has 6 heterocycles. The van der Waals surface area contributed by atoms with Gasteiger partial charge < -0.3 is 18.3 Å². The fourth-order valence-corrected chi connectivity index (χ4v) is 16.3. The number of rotatable bonds is 10. The number of para-hydroxylation sites is 7. The molecule has 0 aliphatic carbocycles. The van der Waals surface area contributed by atoms with Gasteiger partial charge in [0.2, 0.25) is 5.95 Å². The van der Waals surface area contributed by atoms with Crippen LogP contribution < -0.4 is 0 Å². The summed E-state index contributed by atoms with van der Waals surface area (Å²) < 4.78 is 11.8. The van der Waals surface area contributed by atoms with Gasteiger partial charge in [0.25, 0.3) is 0 Å². The molecule has 0 atom stereocenters. The molecule has 0 spiro atoms. The molecule has 101 heavy (non-hydrogen) atoms. The molecular formula is C94H59N7. The van der Waals surface area contributed by atoms with Crippen LogP contribution in [0.3, 0.4) is 0 Å². The van der Waals surface area contributed by atoms with Crippen LogP contribution >= 0.6 is 0 Å². The Kier molecular flexibility index (Phi) is 12.6. The lowest BCUT2D eigenvalue weighted by molar-refractivity contribution is 0.995. The maximum atomic E-state index is 5.56. The first-order chi connectivity index (χ1) is 50.1. The molecule has 0 fully saturated rings. The van der Waals surface area contributed by atoms with Gasteiger partial charge in [0.1, 0.15) is 0 Å². The minimum atomic E-state index is 0.607. The van der Waals surface area contributed by atoms with Gasteiger partial charge >= 0.3 is 0 Å². The van der Waals surface area contributed by atoms with E-state index in [9.17, 15) is 0 Å².